The summed E-state index contributed by atoms with van der Waals surface area (Å²) < 4.78 is 34.4. The molecule has 1 unspecified atom stereocenters. The van der Waals surface area contributed by atoms with Gasteiger partial charge in [0, 0.05) is 10.2 Å². The Labute approximate surface area is 154 Å². The van der Waals surface area contributed by atoms with Crippen LogP contribution in [0.1, 0.15) is 19.4 Å². The molecule has 3 rings (SSSR count). The number of benzene rings is 2. The lowest BCUT2D eigenvalue weighted by Crippen LogP contribution is -2.35. The standard InChI is InChI=1S/C17H17BrN2O4S/c1-3-11-5-4-6-13(7-11)20-25(22,23)15-9-12(18)8-14-16(15)24-10(2)17(21)19-14/h4-10,20H,3H2,1-2H3,(H,19,21). The van der Waals surface area contributed by atoms with E-state index in [4.69, 9.17) is 4.74 Å². The number of aryl methyl sites for hydroxylation is 1. The number of hydrogen-bond donors (Lipinski definition) is 2. The number of carbonyl (C=O) groups is 1. The summed E-state index contributed by atoms with van der Waals surface area (Å²) in [6.07, 6.45) is 0.0279. The molecule has 2 aromatic rings. The Hall–Kier alpha value is -2.06. The Morgan fingerprint density at radius 3 is 2.76 bits per heavy atom. The number of carbonyl (C=O) groups excluding carboxylic acids is 1. The highest BCUT2D eigenvalue weighted by Gasteiger charge is 2.31. The van der Waals surface area contributed by atoms with E-state index in [1.807, 2.05) is 13.0 Å². The second kappa shape index (κ2) is 6.68. The molecule has 8 heteroatoms. The number of anilines is 2. The lowest BCUT2D eigenvalue weighted by molar-refractivity contribution is -0.122. The van der Waals surface area contributed by atoms with Crippen molar-refractivity contribution in [1.29, 1.82) is 0 Å². The van der Waals surface area contributed by atoms with Crippen LogP contribution in [0.2, 0.25) is 0 Å². The van der Waals surface area contributed by atoms with E-state index in [1.165, 1.54) is 6.07 Å². The second-order valence-corrected chi connectivity index (χ2v) is 8.26. The van der Waals surface area contributed by atoms with Crippen molar-refractivity contribution in [1.82, 2.24) is 0 Å². The van der Waals surface area contributed by atoms with E-state index in [-0.39, 0.29) is 16.6 Å². The fraction of sp³-hybridized carbons (Fsp3) is 0.235. The highest BCUT2D eigenvalue weighted by molar-refractivity contribution is 9.10. The zero-order valence-corrected chi connectivity index (χ0v) is 16.1. The van der Waals surface area contributed by atoms with Gasteiger partial charge in [-0.1, -0.05) is 35.0 Å². The number of ether oxygens (including phenoxy) is 1. The Morgan fingerprint density at radius 1 is 1.28 bits per heavy atom. The monoisotopic (exact) mass is 424 g/mol. The van der Waals surface area contributed by atoms with Gasteiger partial charge in [-0.3, -0.25) is 9.52 Å². The van der Waals surface area contributed by atoms with Gasteiger partial charge in [0.05, 0.1) is 5.69 Å². The lowest BCUT2D eigenvalue weighted by atomic mass is 10.1. The largest absolute Gasteiger partial charge is 0.477 e. The molecule has 25 heavy (non-hydrogen) atoms. The smallest absolute Gasteiger partial charge is 0.265 e. The number of hydrogen-bond acceptors (Lipinski definition) is 4. The average molecular weight is 425 g/mol. The lowest BCUT2D eigenvalue weighted by Gasteiger charge is -2.25. The molecule has 1 atom stereocenters. The van der Waals surface area contributed by atoms with Crippen molar-refractivity contribution < 1.29 is 17.9 Å². The van der Waals surface area contributed by atoms with Crippen LogP contribution in [0.4, 0.5) is 11.4 Å². The number of nitrogens with one attached hydrogen (secondary N) is 2. The SMILES string of the molecule is CCc1cccc(NS(=O)(=O)c2cc(Br)cc3c2OC(C)C(=O)N3)c1. The Kier molecular flexibility index (Phi) is 4.75. The summed E-state index contributed by atoms with van der Waals surface area (Å²) in [5.74, 6) is -0.188. The van der Waals surface area contributed by atoms with Gasteiger partial charge in [-0.15, -0.1) is 0 Å². The molecular formula is C17H17BrN2O4S. The summed E-state index contributed by atoms with van der Waals surface area (Å²) in [5, 5.41) is 2.66. The minimum atomic E-state index is -3.90. The summed E-state index contributed by atoms with van der Waals surface area (Å²) >= 11 is 3.28. The Bertz CT molecular complexity index is 944. The third kappa shape index (κ3) is 3.64. The van der Waals surface area contributed by atoms with Crippen LogP contribution in [0.25, 0.3) is 0 Å². The van der Waals surface area contributed by atoms with E-state index in [2.05, 4.69) is 26.0 Å². The maximum absolute atomic E-state index is 12.9. The molecule has 1 amide bonds. The van der Waals surface area contributed by atoms with E-state index < -0.39 is 16.1 Å². The highest BCUT2D eigenvalue weighted by atomic mass is 79.9. The minimum Gasteiger partial charge on any atom is -0.477 e. The maximum Gasteiger partial charge on any atom is 0.265 e. The molecule has 0 saturated carbocycles. The third-order valence-electron chi connectivity index (χ3n) is 3.82. The summed E-state index contributed by atoms with van der Waals surface area (Å²) in [5.41, 5.74) is 1.81. The summed E-state index contributed by atoms with van der Waals surface area (Å²) in [4.78, 5) is 11.7. The molecule has 0 bridgehead atoms. The van der Waals surface area contributed by atoms with Gasteiger partial charge in [-0.25, -0.2) is 8.42 Å². The highest BCUT2D eigenvalue weighted by Crippen LogP contribution is 2.39. The quantitative estimate of drug-likeness (QED) is 0.785. The molecule has 0 aliphatic carbocycles. The van der Waals surface area contributed by atoms with Gasteiger partial charge in [0.15, 0.2) is 11.9 Å². The molecule has 1 heterocycles. The topological polar surface area (TPSA) is 84.5 Å². The number of amides is 1. The number of rotatable bonds is 4. The van der Waals surface area contributed by atoms with E-state index in [0.29, 0.717) is 15.8 Å². The molecule has 0 radical (unpaired) electrons. The first-order valence-corrected chi connectivity index (χ1v) is 10.0. The number of halogens is 1. The van der Waals surface area contributed by atoms with E-state index in [9.17, 15) is 13.2 Å². The Balaban J connectivity index is 2.04. The van der Waals surface area contributed by atoms with Crippen LogP contribution in [-0.4, -0.2) is 20.4 Å². The molecule has 0 spiro atoms. The molecule has 132 valence electrons. The maximum atomic E-state index is 12.9. The molecule has 2 N–H and O–H groups in total. The van der Waals surface area contributed by atoms with Crippen molar-refractivity contribution in [2.75, 3.05) is 10.0 Å². The van der Waals surface area contributed by atoms with Gasteiger partial charge in [-0.2, -0.15) is 0 Å². The van der Waals surface area contributed by atoms with Gasteiger partial charge in [-0.05, 0) is 43.2 Å². The molecule has 2 aromatic carbocycles. The van der Waals surface area contributed by atoms with Crippen molar-refractivity contribution in [3.05, 3.63) is 46.4 Å². The zero-order chi connectivity index (χ0) is 18.2. The number of fused-ring (bicyclic) bond motifs is 1. The van der Waals surface area contributed by atoms with Crippen LogP contribution in [0.15, 0.2) is 45.8 Å². The van der Waals surface area contributed by atoms with Gasteiger partial charge in [0.2, 0.25) is 0 Å². The molecule has 0 saturated heterocycles. The van der Waals surface area contributed by atoms with Gasteiger partial charge in [0.25, 0.3) is 15.9 Å². The van der Waals surface area contributed by atoms with Crippen LogP contribution >= 0.6 is 15.9 Å². The fourth-order valence-corrected chi connectivity index (χ4v) is 4.35. The minimum absolute atomic E-state index is 0.0365. The van der Waals surface area contributed by atoms with Crippen LogP contribution in [0.3, 0.4) is 0 Å². The van der Waals surface area contributed by atoms with E-state index in [1.54, 1.807) is 31.2 Å². The van der Waals surface area contributed by atoms with E-state index in [0.717, 1.165) is 12.0 Å². The molecule has 0 fully saturated rings. The van der Waals surface area contributed by atoms with Crippen LogP contribution < -0.4 is 14.8 Å². The van der Waals surface area contributed by atoms with Gasteiger partial charge < -0.3 is 10.1 Å². The van der Waals surface area contributed by atoms with Gasteiger partial charge in [0.1, 0.15) is 4.90 Å². The van der Waals surface area contributed by atoms with Crippen molar-refractivity contribution in [2.45, 2.75) is 31.3 Å². The van der Waals surface area contributed by atoms with Crippen molar-refractivity contribution in [2.24, 2.45) is 0 Å². The molecule has 0 aromatic heterocycles. The van der Waals surface area contributed by atoms with Crippen molar-refractivity contribution >= 4 is 43.2 Å². The summed E-state index contributed by atoms with van der Waals surface area (Å²) in [6.45, 7) is 3.56. The third-order valence-corrected chi connectivity index (χ3v) is 5.66. The summed E-state index contributed by atoms with van der Waals surface area (Å²) in [6, 6.07) is 10.3. The first-order chi connectivity index (χ1) is 11.8. The average Bonchev–Trinajstić information content (AvgIpc) is 2.55. The van der Waals surface area contributed by atoms with E-state index >= 15 is 0 Å². The predicted molar refractivity (Wildman–Crippen MR) is 99.5 cm³/mol. The normalized spacial score (nSPS) is 16.6. The van der Waals surface area contributed by atoms with Crippen LogP contribution in [-0.2, 0) is 21.2 Å². The van der Waals surface area contributed by atoms with Gasteiger partial charge >= 0.3 is 0 Å². The Morgan fingerprint density at radius 2 is 2.04 bits per heavy atom. The van der Waals surface area contributed by atoms with Crippen LogP contribution in [0, 0.1) is 0 Å². The van der Waals surface area contributed by atoms with Crippen LogP contribution in [0.5, 0.6) is 5.75 Å². The van der Waals surface area contributed by atoms with Crippen molar-refractivity contribution in [3.63, 3.8) is 0 Å². The molecule has 6 nitrogen and oxygen atoms in total. The second-order valence-electron chi connectivity index (χ2n) is 5.69. The number of sulfonamides is 1. The molecule has 1 aliphatic heterocycles. The fourth-order valence-electron chi connectivity index (χ4n) is 2.51. The summed E-state index contributed by atoms with van der Waals surface area (Å²) in [7, 11) is -3.90. The predicted octanol–water partition coefficient (Wildman–Crippen LogP) is 3.53. The van der Waals surface area contributed by atoms with Crippen molar-refractivity contribution in [3.8, 4) is 5.75 Å². The molecule has 1 aliphatic rings. The first kappa shape index (κ1) is 17.8. The molecular weight excluding hydrogens is 408 g/mol. The zero-order valence-electron chi connectivity index (χ0n) is 13.7. The first-order valence-electron chi connectivity index (χ1n) is 7.73.